The summed E-state index contributed by atoms with van der Waals surface area (Å²) in [6, 6.07) is 0.616. The molecule has 1 rings (SSSR count). The van der Waals surface area contributed by atoms with Crippen LogP contribution in [0.1, 0.15) is 41.0 Å². The molecule has 0 saturated carbocycles. The second-order valence-electron chi connectivity index (χ2n) is 6.90. The average Bonchev–Trinajstić information content (AvgIpc) is 2.18. The fraction of sp³-hybridized carbons (Fsp3) is 1.00. The van der Waals surface area contributed by atoms with Crippen molar-refractivity contribution in [2.45, 2.75) is 52.6 Å². The lowest BCUT2D eigenvalue weighted by molar-refractivity contribution is 0.0364. The number of thioether (sulfide) groups is 1. The lowest BCUT2D eigenvalue weighted by atomic mass is 9.83. The van der Waals surface area contributed by atoms with Crippen LogP contribution in [0, 0.1) is 5.41 Å². The van der Waals surface area contributed by atoms with E-state index in [9.17, 15) is 0 Å². The molecule has 2 nitrogen and oxygen atoms in total. The van der Waals surface area contributed by atoms with Gasteiger partial charge in [0.2, 0.25) is 0 Å². The van der Waals surface area contributed by atoms with Gasteiger partial charge in [-0.3, -0.25) is 4.90 Å². The van der Waals surface area contributed by atoms with Crippen LogP contribution in [-0.4, -0.2) is 48.1 Å². The normalized spacial score (nSPS) is 26.1. The van der Waals surface area contributed by atoms with Crippen molar-refractivity contribution in [3.05, 3.63) is 0 Å². The van der Waals surface area contributed by atoms with E-state index >= 15 is 0 Å². The van der Waals surface area contributed by atoms with Crippen LogP contribution in [0.2, 0.25) is 0 Å². The third-order valence-electron chi connectivity index (χ3n) is 3.86. The molecule has 3 heteroatoms. The minimum atomic E-state index is 0.306. The number of nitrogens with zero attached hydrogens (tertiary/aromatic N) is 1. The topological polar surface area (TPSA) is 15.3 Å². The minimum Gasteiger partial charge on any atom is -0.310 e. The van der Waals surface area contributed by atoms with Crippen molar-refractivity contribution in [2.75, 3.05) is 31.6 Å². The third-order valence-corrected chi connectivity index (χ3v) is 4.56. The van der Waals surface area contributed by atoms with Crippen molar-refractivity contribution >= 4 is 11.8 Å². The van der Waals surface area contributed by atoms with E-state index in [0.29, 0.717) is 17.0 Å². The summed E-state index contributed by atoms with van der Waals surface area (Å²) in [6.07, 6.45) is 3.50. The number of nitrogens with one attached hydrogen (secondary N) is 1. The molecule has 0 aromatic heterocycles. The van der Waals surface area contributed by atoms with Crippen LogP contribution in [0.5, 0.6) is 0 Å². The quantitative estimate of drug-likeness (QED) is 0.781. The maximum atomic E-state index is 3.72. The van der Waals surface area contributed by atoms with Gasteiger partial charge in [0.25, 0.3) is 0 Å². The highest BCUT2D eigenvalue weighted by atomic mass is 32.2. The van der Waals surface area contributed by atoms with E-state index in [0.717, 1.165) is 6.54 Å². The van der Waals surface area contributed by atoms with E-state index in [4.69, 9.17) is 0 Å². The zero-order chi connectivity index (χ0) is 13.1. The fourth-order valence-corrected chi connectivity index (χ4v) is 2.81. The molecule has 0 amide bonds. The maximum Gasteiger partial charge on any atom is 0.0278 e. The molecule has 0 aromatic carbocycles. The van der Waals surface area contributed by atoms with Crippen LogP contribution >= 0.6 is 11.8 Å². The lowest BCUT2D eigenvalue weighted by Crippen LogP contribution is -2.64. The number of hydrogen-bond acceptors (Lipinski definition) is 3. The number of piperazine rings is 1. The Labute approximate surface area is 112 Å². The summed E-state index contributed by atoms with van der Waals surface area (Å²) in [7, 11) is 0. The molecular weight excluding hydrogens is 228 g/mol. The summed E-state index contributed by atoms with van der Waals surface area (Å²) < 4.78 is 0. The van der Waals surface area contributed by atoms with Gasteiger partial charge in [-0.15, -0.1) is 0 Å². The Kier molecular flexibility index (Phi) is 5.36. The Bertz CT molecular complexity index is 233. The van der Waals surface area contributed by atoms with Gasteiger partial charge >= 0.3 is 0 Å². The first-order valence-corrected chi connectivity index (χ1v) is 8.14. The van der Waals surface area contributed by atoms with Crippen molar-refractivity contribution in [1.82, 2.24) is 10.2 Å². The van der Waals surface area contributed by atoms with Crippen LogP contribution in [0.4, 0.5) is 0 Å². The van der Waals surface area contributed by atoms with Gasteiger partial charge in [0, 0.05) is 24.7 Å². The maximum absolute atomic E-state index is 3.72. The van der Waals surface area contributed by atoms with Crippen LogP contribution in [-0.2, 0) is 0 Å². The molecule has 1 atom stereocenters. The molecule has 1 aliphatic rings. The highest BCUT2D eigenvalue weighted by molar-refractivity contribution is 7.98. The SMILES string of the molecule is CSCCCN1CC(C(C)(C)C)NCC1(C)C. The van der Waals surface area contributed by atoms with E-state index < -0.39 is 0 Å². The standard InChI is InChI=1S/C14H30N2S/c1-13(2,3)12-10-16(8-7-9-17-6)14(4,5)11-15-12/h12,15H,7-11H2,1-6H3. The smallest absolute Gasteiger partial charge is 0.0278 e. The van der Waals surface area contributed by atoms with Gasteiger partial charge in [-0.05, 0) is 44.2 Å². The van der Waals surface area contributed by atoms with Crippen molar-refractivity contribution < 1.29 is 0 Å². The highest BCUT2D eigenvalue weighted by Gasteiger charge is 2.37. The Balaban J connectivity index is 2.56. The summed E-state index contributed by atoms with van der Waals surface area (Å²) in [4.78, 5) is 2.68. The van der Waals surface area contributed by atoms with E-state index in [1.807, 2.05) is 11.8 Å². The summed E-state index contributed by atoms with van der Waals surface area (Å²) in [5, 5.41) is 3.72. The van der Waals surface area contributed by atoms with Gasteiger partial charge < -0.3 is 5.32 Å². The fourth-order valence-electron chi connectivity index (χ4n) is 2.39. The molecule has 1 saturated heterocycles. The molecular formula is C14H30N2S. The molecule has 0 aliphatic carbocycles. The Morgan fingerprint density at radius 1 is 1.35 bits per heavy atom. The van der Waals surface area contributed by atoms with E-state index in [2.05, 4.69) is 51.1 Å². The summed E-state index contributed by atoms with van der Waals surface area (Å²) in [5.41, 5.74) is 0.661. The lowest BCUT2D eigenvalue weighted by Gasteiger charge is -2.49. The third kappa shape index (κ3) is 4.46. The molecule has 1 N–H and O–H groups in total. The van der Waals surface area contributed by atoms with E-state index in [1.54, 1.807) is 0 Å². The first-order valence-electron chi connectivity index (χ1n) is 6.75. The first kappa shape index (κ1) is 15.3. The number of hydrogen-bond donors (Lipinski definition) is 1. The van der Waals surface area contributed by atoms with Crippen molar-refractivity contribution in [2.24, 2.45) is 5.41 Å². The van der Waals surface area contributed by atoms with Crippen LogP contribution in [0.25, 0.3) is 0 Å². The Hall–Kier alpha value is 0.270. The summed E-state index contributed by atoms with van der Waals surface area (Å²) >= 11 is 1.95. The predicted molar refractivity (Wildman–Crippen MR) is 79.9 cm³/mol. The second kappa shape index (κ2) is 5.94. The van der Waals surface area contributed by atoms with Crippen molar-refractivity contribution in [3.63, 3.8) is 0 Å². The molecule has 1 aliphatic heterocycles. The summed E-state index contributed by atoms with van der Waals surface area (Å²) in [6.45, 7) is 15.3. The van der Waals surface area contributed by atoms with Gasteiger partial charge in [-0.25, -0.2) is 0 Å². The molecule has 17 heavy (non-hydrogen) atoms. The van der Waals surface area contributed by atoms with Gasteiger partial charge in [0.05, 0.1) is 0 Å². The monoisotopic (exact) mass is 258 g/mol. The average molecular weight is 258 g/mol. The molecule has 0 aromatic rings. The zero-order valence-electron chi connectivity index (χ0n) is 12.5. The number of rotatable bonds is 4. The predicted octanol–water partition coefficient (Wildman–Crippen LogP) is 2.84. The highest BCUT2D eigenvalue weighted by Crippen LogP contribution is 2.27. The molecule has 1 heterocycles. The molecule has 102 valence electrons. The minimum absolute atomic E-state index is 0.306. The molecule has 0 spiro atoms. The van der Waals surface area contributed by atoms with Crippen molar-refractivity contribution in [1.29, 1.82) is 0 Å². The molecule has 0 radical (unpaired) electrons. The van der Waals surface area contributed by atoms with Crippen LogP contribution in [0.15, 0.2) is 0 Å². The first-order chi connectivity index (χ1) is 7.77. The Morgan fingerprint density at radius 3 is 2.53 bits per heavy atom. The zero-order valence-corrected chi connectivity index (χ0v) is 13.3. The van der Waals surface area contributed by atoms with E-state index in [1.165, 1.54) is 25.3 Å². The van der Waals surface area contributed by atoms with Gasteiger partial charge in [-0.1, -0.05) is 20.8 Å². The largest absolute Gasteiger partial charge is 0.310 e. The van der Waals surface area contributed by atoms with Gasteiger partial charge in [0.15, 0.2) is 0 Å². The van der Waals surface area contributed by atoms with Gasteiger partial charge in [-0.2, -0.15) is 11.8 Å². The molecule has 1 fully saturated rings. The van der Waals surface area contributed by atoms with Crippen LogP contribution in [0.3, 0.4) is 0 Å². The Morgan fingerprint density at radius 2 is 2.00 bits per heavy atom. The summed E-state index contributed by atoms with van der Waals surface area (Å²) in [5.74, 6) is 1.28. The molecule has 0 bridgehead atoms. The van der Waals surface area contributed by atoms with Gasteiger partial charge in [0.1, 0.15) is 0 Å². The van der Waals surface area contributed by atoms with Crippen LogP contribution < -0.4 is 5.32 Å². The molecule has 1 unspecified atom stereocenters. The second-order valence-corrected chi connectivity index (χ2v) is 7.89. The van der Waals surface area contributed by atoms with Crippen molar-refractivity contribution in [3.8, 4) is 0 Å². The van der Waals surface area contributed by atoms with E-state index in [-0.39, 0.29) is 0 Å².